The lowest BCUT2D eigenvalue weighted by molar-refractivity contribution is -0.385. The molecule has 2 rings (SSSR count). The standard InChI is InChI=1S/C12H13NO5/c1-2-5-16-11-4-3-9(13(14)15)6-12(11)18-8-10-7-17-10/h2-4,6,10H,1,5,7-8H2. The summed E-state index contributed by atoms with van der Waals surface area (Å²) in [5, 5.41) is 10.7. The number of nitrogens with zero attached hydrogens (tertiary/aromatic N) is 1. The average Bonchev–Trinajstić information content (AvgIpc) is 3.18. The van der Waals surface area contributed by atoms with Crippen molar-refractivity contribution in [2.75, 3.05) is 19.8 Å². The summed E-state index contributed by atoms with van der Waals surface area (Å²) in [6, 6.07) is 4.24. The highest BCUT2D eigenvalue weighted by atomic mass is 16.6. The Kier molecular flexibility index (Phi) is 3.78. The first-order valence-corrected chi connectivity index (χ1v) is 5.47. The molecule has 1 aromatic carbocycles. The van der Waals surface area contributed by atoms with Gasteiger partial charge in [0.15, 0.2) is 11.5 Å². The van der Waals surface area contributed by atoms with Gasteiger partial charge in [-0.05, 0) is 6.07 Å². The monoisotopic (exact) mass is 251 g/mol. The normalized spacial score (nSPS) is 17.0. The van der Waals surface area contributed by atoms with Crippen LogP contribution in [0.1, 0.15) is 0 Å². The van der Waals surface area contributed by atoms with Crippen LogP contribution in [0.5, 0.6) is 11.5 Å². The van der Waals surface area contributed by atoms with E-state index in [-0.39, 0.29) is 11.8 Å². The first-order valence-electron chi connectivity index (χ1n) is 5.47. The van der Waals surface area contributed by atoms with Crippen molar-refractivity contribution < 1.29 is 19.1 Å². The van der Waals surface area contributed by atoms with Gasteiger partial charge >= 0.3 is 0 Å². The molecule has 1 aromatic rings. The average molecular weight is 251 g/mol. The highest BCUT2D eigenvalue weighted by Gasteiger charge is 2.24. The van der Waals surface area contributed by atoms with E-state index in [0.717, 1.165) is 0 Å². The fourth-order valence-electron chi connectivity index (χ4n) is 1.34. The van der Waals surface area contributed by atoms with Crippen molar-refractivity contribution in [1.29, 1.82) is 0 Å². The molecule has 6 heteroatoms. The van der Waals surface area contributed by atoms with Crippen LogP contribution in [0.3, 0.4) is 0 Å². The minimum atomic E-state index is -0.474. The van der Waals surface area contributed by atoms with Gasteiger partial charge in [-0.1, -0.05) is 12.7 Å². The van der Waals surface area contributed by atoms with Gasteiger partial charge in [-0.15, -0.1) is 0 Å². The summed E-state index contributed by atoms with van der Waals surface area (Å²) in [7, 11) is 0. The van der Waals surface area contributed by atoms with Gasteiger partial charge < -0.3 is 14.2 Å². The van der Waals surface area contributed by atoms with Gasteiger partial charge in [0.2, 0.25) is 0 Å². The van der Waals surface area contributed by atoms with E-state index in [2.05, 4.69) is 6.58 Å². The van der Waals surface area contributed by atoms with Gasteiger partial charge in [-0.25, -0.2) is 0 Å². The minimum Gasteiger partial charge on any atom is -0.487 e. The van der Waals surface area contributed by atoms with E-state index in [1.165, 1.54) is 18.2 Å². The maximum Gasteiger partial charge on any atom is 0.273 e. The topological polar surface area (TPSA) is 74.1 Å². The molecule has 1 saturated heterocycles. The number of benzene rings is 1. The fourth-order valence-corrected chi connectivity index (χ4v) is 1.34. The molecular formula is C12H13NO5. The molecule has 1 atom stereocenters. The maximum atomic E-state index is 10.7. The van der Waals surface area contributed by atoms with Gasteiger partial charge in [0.25, 0.3) is 5.69 Å². The van der Waals surface area contributed by atoms with Crippen LogP contribution >= 0.6 is 0 Å². The number of nitro benzene ring substituents is 1. The molecule has 0 amide bonds. The first kappa shape index (κ1) is 12.4. The largest absolute Gasteiger partial charge is 0.487 e. The Labute approximate surface area is 104 Å². The highest BCUT2D eigenvalue weighted by molar-refractivity contribution is 5.48. The summed E-state index contributed by atoms with van der Waals surface area (Å²) in [5.41, 5.74) is -0.0346. The Balaban J connectivity index is 2.14. The van der Waals surface area contributed by atoms with E-state index in [1.807, 2.05) is 0 Å². The molecule has 18 heavy (non-hydrogen) atoms. The summed E-state index contributed by atoms with van der Waals surface area (Å²) >= 11 is 0. The number of nitro groups is 1. The Bertz CT molecular complexity index is 456. The maximum absolute atomic E-state index is 10.7. The zero-order valence-corrected chi connectivity index (χ0v) is 9.70. The van der Waals surface area contributed by atoms with Crippen LogP contribution in [0.2, 0.25) is 0 Å². The van der Waals surface area contributed by atoms with Crippen molar-refractivity contribution in [3.63, 3.8) is 0 Å². The predicted molar refractivity (Wildman–Crippen MR) is 64.0 cm³/mol. The molecule has 1 aliphatic heterocycles. The van der Waals surface area contributed by atoms with Crippen molar-refractivity contribution in [3.05, 3.63) is 41.0 Å². The van der Waals surface area contributed by atoms with Crippen LogP contribution in [0.4, 0.5) is 5.69 Å². The van der Waals surface area contributed by atoms with Crippen LogP contribution in [-0.2, 0) is 4.74 Å². The highest BCUT2D eigenvalue weighted by Crippen LogP contribution is 2.32. The van der Waals surface area contributed by atoms with Gasteiger partial charge in [0.1, 0.15) is 19.3 Å². The van der Waals surface area contributed by atoms with Crippen molar-refractivity contribution >= 4 is 5.69 Å². The summed E-state index contributed by atoms with van der Waals surface area (Å²) in [6.07, 6.45) is 1.67. The molecule has 6 nitrogen and oxygen atoms in total. The van der Waals surface area contributed by atoms with Crippen molar-refractivity contribution in [2.45, 2.75) is 6.10 Å². The number of hydrogen-bond acceptors (Lipinski definition) is 5. The molecule has 1 fully saturated rings. The third-order valence-electron chi connectivity index (χ3n) is 2.32. The molecule has 0 aromatic heterocycles. The molecule has 0 saturated carbocycles. The number of ether oxygens (including phenoxy) is 3. The van der Waals surface area contributed by atoms with E-state index in [4.69, 9.17) is 14.2 Å². The number of hydrogen-bond donors (Lipinski definition) is 0. The fraction of sp³-hybridized carbons (Fsp3) is 0.333. The molecule has 0 N–H and O–H groups in total. The molecule has 1 unspecified atom stereocenters. The van der Waals surface area contributed by atoms with E-state index < -0.39 is 4.92 Å². The summed E-state index contributed by atoms with van der Waals surface area (Å²) in [6.45, 7) is 4.89. The number of rotatable bonds is 7. The van der Waals surface area contributed by atoms with Gasteiger partial charge in [0, 0.05) is 6.07 Å². The van der Waals surface area contributed by atoms with Crippen molar-refractivity contribution in [3.8, 4) is 11.5 Å². The third kappa shape index (κ3) is 3.21. The second-order valence-electron chi connectivity index (χ2n) is 3.75. The quantitative estimate of drug-likeness (QED) is 0.320. The molecule has 0 bridgehead atoms. The third-order valence-corrected chi connectivity index (χ3v) is 2.32. The Morgan fingerprint density at radius 3 is 2.89 bits per heavy atom. The molecular weight excluding hydrogens is 238 g/mol. The van der Waals surface area contributed by atoms with Crippen LogP contribution in [0, 0.1) is 10.1 Å². The zero-order valence-electron chi connectivity index (χ0n) is 9.70. The Morgan fingerprint density at radius 2 is 2.28 bits per heavy atom. The van der Waals surface area contributed by atoms with Gasteiger partial charge in [-0.3, -0.25) is 10.1 Å². The van der Waals surface area contributed by atoms with E-state index in [0.29, 0.717) is 31.3 Å². The zero-order chi connectivity index (χ0) is 13.0. The minimum absolute atomic E-state index is 0.0346. The van der Waals surface area contributed by atoms with E-state index in [9.17, 15) is 10.1 Å². The lowest BCUT2D eigenvalue weighted by Gasteiger charge is -2.10. The number of epoxide rings is 1. The van der Waals surface area contributed by atoms with E-state index in [1.54, 1.807) is 6.08 Å². The van der Waals surface area contributed by atoms with Gasteiger partial charge in [-0.2, -0.15) is 0 Å². The Morgan fingerprint density at radius 1 is 1.50 bits per heavy atom. The van der Waals surface area contributed by atoms with Crippen LogP contribution < -0.4 is 9.47 Å². The van der Waals surface area contributed by atoms with Gasteiger partial charge in [0.05, 0.1) is 17.6 Å². The van der Waals surface area contributed by atoms with Crippen LogP contribution in [0.25, 0.3) is 0 Å². The second kappa shape index (κ2) is 5.50. The smallest absolute Gasteiger partial charge is 0.273 e. The van der Waals surface area contributed by atoms with E-state index >= 15 is 0 Å². The second-order valence-corrected chi connectivity index (χ2v) is 3.75. The molecule has 0 aliphatic carbocycles. The lowest BCUT2D eigenvalue weighted by Crippen LogP contribution is -2.06. The van der Waals surface area contributed by atoms with Crippen molar-refractivity contribution in [1.82, 2.24) is 0 Å². The molecule has 0 spiro atoms. The first-order chi connectivity index (χ1) is 8.70. The molecule has 96 valence electrons. The summed E-state index contributed by atoms with van der Waals surface area (Å²) < 4.78 is 15.8. The summed E-state index contributed by atoms with van der Waals surface area (Å²) in [5.74, 6) is 0.808. The van der Waals surface area contributed by atoms with Crippen LogP contribution in [0.15, 0.2) is 30.9 Å². The Hall–Kier alpha value is -2.08. The van der Waals surface area contributed by atoms with Crippen LogP contribution in [-0.4, -0.2) is 30.8 Å². The predicted octanol–water partition coefficient (Wildman–Crippen LogP) is 1.94. The molecule has 1 aliphatic rings. The SMILES string of the molecule is C=CCOc1ccc([N+](=O)[O-])cc1OCC1CO1. The lowest BCUT2D eigenvalue weighted by atomic mass is 10.3. The molecule has 1 heterocycles. The van der Waals surface area contributed by atoms with Crippen molar-refractivity contribution in [2.24, 2.45) is 0 Å². The number of non-ortho nitro benzene ring substituents is 1. The summed E-state index contributed by atoms with van der Waals surface area (Å²) in [4.78, 5) is 10.2. The molecule has 0 radical (unpaired) electrons.